The average molecular weight is 277 g/mol. The first-order valence-electron chi connectivity index (χ1n) is 6.45. The van der Waals surface area contributed by atoms with E-state index >= 15 is 0 Å². The number of hydrogen-bond donors (Lipinski definition) is 1. The van der Waals surface area contributed by atoms with Crippen LogP contribution in [0.1, 0.15) is 43.5 Å². The predicted molar refractivity (Wildman–Crippen MR) is 75.8 cm³/mol. The molecule has 5 nitrogen and oxygen atoms in total. The second-order valence-corrected chi connectivity index (χ2v) is 5.66. The van der Waals surface area contributed by atoms with Crippen LogP contribution in [0.3, 0.4) is 0 Å². The molecule has 0 amide bonds. The van der Waals surface area contributed by atoms with Crippen LogP contribution in [0.2, 0.25) is 0 Å². The average Bonchev–Trinajstić information content (AvgIpc) is 3.04. The van der Waals surface area contributed by atoms with E-state index in [1.165, 1.54) is 4.88 Å². The molecule has 2 aromatic heterocycles. The minimum atomic E-state index is -0.251. The third-order valence-electron chi connectivity index (χ3n) is 3.26. The number of aromatic amines is 1. The van der Waals surface area contributed by atoms with E-state index in [0.717, 1.165) is 23.4 Å². The molecule has 2 aromatic rings. The molecule has 0 saturated heterocycles. The first kappa shape index (κ1) is 12.3. The first-order chi connectivity index (χ1) is 9.21. The smallest absolute Gasteiger partial charge is 0.259 e. The van der Waals surface area contributed by atoms with Crippen LogP contribution in [0.25, 0.3) is 10.2 Å². The SMILES string of the molecule is CCC1=NO[C@@H](c2nc3sc(CC)cc3c(=O)[nH]2)C1. The molecule has 0 bridgehead atoms. The van der Waals surface area contributed by atoms with E-state index in [0.29, 0.717) is 17.6 Å². The number of nitrogens with one attached hydrogen (secondary N) is 1. The van der Waals surface area contributed by atoms with Gasteiger partial charge in [0.15, 0.2) is 11.9 Å². The highest BCUT2D eigenvalue weighted by atomic mass is 32.1. The Hall–Kier alpha value is -1.69. The van der Waals surface area contributed by atoms with Gasteiger partial charge in [-0.3, -0.25) is 4.79 Å². The molecule has 3 rings (SSSR count). The summed E-state index contributed by atoms with van der Waals surface area (Å²) >= 11 is 1.57. The van der Waals surface area contributed by atoms with Crippen molar-refractivity contribution in [3.05, 3.63) is 27.1 Å². The van der Waals surface area contributed by atoms with Crippen LogP contribution in [0.4, 0.5) is 0 Å². The number of oxime groups is 1. The Morgan fingerprint density at radius 2 is 2.32 bits per heavy atom. The van der Waals surface area contributed by atoms with Crippen molar-refractivity contribution in [3.8, 4) is 0 Å². The number of hydrogen-bond acceptors (Lipinski definition) is 5. The summed E-state index contributed by atoms with van der Waals surface area (Å²) in [5.74, 6) is 0.578. The fraction of sp³-hybridized carbons (Fsp3) is 0.462. The van der Waals surface area contributed by atoms with Gasteiger partial charge in [-0.15, -0.1) is 11.3 Å². The van der Waals surface area contributed by atoms with E-state index in [4.69, 9.17) is 4.84 Å². The van der Waals surface area contributed by atoms with Crippen molar-refractivity contribution in [2.75, 3.05) is 0 Å². The largest absolute Gasteiger partial charge is 0.384 e. The molecule has 0 spiro atoms. The maximum atomic E-state index is 12.1. The van der Waals surface area contributed by atoms with Crippen LogP contribution in [-0.2, 0) is 11.3 Å². The van der Waals surface area contributed by atoms with Crippen molar-refractivity contribution in [1.82, 2.24) is 9.97 Å². The van der Waals surface area contributed by atoms with Crippen molar-refractivity contribution in [1.29, 1.82) is 0 Å². The maximum Gasteiger partial charge on any atom is 0.259 e. The van der Waals surface area contributed by atoms with Gasteiger partial charge in [0.2, 0.25) is 0 Å². The fourth-order valence-electron chi connectivity index (χ4n) is 2.11. The molecule has 1 aliphatic rings. The molecule has 0 radical (unpaired) electrons. The lowest BCUT2D eigenvalue weighted by atomic mass is 10.1. The molecule has 0 aromatic carbocycles. The van der Waals surface area contributed by atoms with Crippen molar-refractivity contribution >= 4 is 27.3 Å². The van der Waals surface area contributed by atoms with Gasteiger partial charge in [-0.05, 0) is 18.9 Å². The molecule has 1 aliphatic heterocycles. The molecule has 1 N–H and O–H groups in total. The van der Waals surface area contributed by atoms with Crippen LogP contribution in [0, 0.1) is 0 Å². The molecule has 0 unspecified atom stereocenters. The molecule has 0 saturated carbocycles. The normalized spacial score (nSPS) is 18.6. The molecular weight excluding hydrogens is 262 g/mol. The topological polar surface area (TPSA) is 67.3 Å². The lowest BCUT2D eigenvalue weighted by Gasteiger charge is -2.06. The Labute approximate surface area is 114 Å². The zero-order valence-corrected chi connectivity index (χ0v) is 11.7. The number of nitrogens with zero attached hydrogens (tertiary/aromatic N) is 2. The summed E-state index contributed by atoms with van der Waals surface area (Å²) in [6.07, 6.45) is 2.23. The zero-order valence-electron chi connectivity index (χ0n) is 10.9. The summed E-state index contributed by atoms with van der Waals surface area (Å²) < 4.78 is 0. The van der Waals surface area contributed by atoms with Crippen LogP contribution in [0.15, 0.2) is 16.0 Å². The molecule has 0 fully saturated rings. The Morgan fingerprint density at radius 1 is 1.47 bits per heavy atom. The van der Waals surface area contributed by atoms with Gasteiger partial charge < -0.3 is 9.82 Å². The standard InChI is InChI=1S/C13H15N3O2S/c1-3-7-5-10(18-16-7)11-14-12(17)9-6-8(4-2)19-13(9)15-11/h6,10H,3-5H2,1-2H3,(H,14,15,17)/t10-/m1/s1. The number of thiophene rings is 1. The molecule has 0 aliphatic carbocycles. The lowest BCUT2D eigenvalue weighted by Crippen LogP contribution is -2.14. The van der Waals surface area contributed by atoms with Gasteiger partial charge in [0, 0.05) is 11.3 Å². The Kier molecular flexibility index (Phi) is 3.10. The van der Waals surface area contributed by atoms with E-state index in [1.807, 2.05) is 13.0 Å². The first-order valence-corrected chi connectivity index (χ1v) is 7.27. The van der Waals surface area contributed by atoms with E-state index in [2.05, 4.69) is 22.0 Å². The number of H-pyrrole nitrogens is 1. The van der Waals surface area contributed by atoms with Gasteiger partial charge in [0.05, 0.1) is 11.1 Å². The minimum absolute atomic E-state index is 0.0931. The summed E-state index contributed by atoms with van der Waals surface area (Å²) in [7, 11) is 0. The molecule has 3 heterocycles. The van der Waals surface area contributed by atoms with Crippen molar-refractivity contribution < 1.29 is 4.84 Å². The van der Waals surface area contributed by atoms with Gasteiger partial charge in [0.25, 0.3) is 5.56 Å². The van der Waals surface area contributed by atoms with Gasteiger partial charge in [-0.1, -0.05) is 19.0 Å². The van der Waals surface area contributed by atoms with Gasteiger partial charge in [-0.25, -0.2) is 4.98 Å². The summed E-state index contributed by atoms with van der Waals surface area (Å²) in [5, 5.41) is 4.67. The minimum Gasteiger partial charge on any atom is -0.384 e. The van der Waals surface area contributed by atoms with Crippen LogP contribution in [-0.4, -0.2) is 15.7 Å². The van der Waals surface area contributed by atoms with Crippen LogP contribution >= 0.6 is 11.3 Å². The highest BCUT2D eigenvalue weighted by molar-refractivity contribution is 7.18. The number of fused-ring (bicyclic) bond motifs is 1. The maximum absolute atomic E-state index is 12.1. The highest BCUT2D eigenvalue weighted by Gasteiger charge is 2.24. The predicted octanol–water partition coefficient (Wildman–Crippen LogP) is 2.77. The molecule has 6 heteroatoms. The van der Waals surface area contributed by atoms with Gasteiger partial charge in [0.1, 0.15) is 4.83 Å². The monoisotopic (exact) mass is 277 g/mol. The molecular formula is C13H15N3O2S. The second kappa shape index (κ2) is 4.77. The van der Waals surface area contributed by atoms with Crippen molar-refractivity contribution in [2.45, 2.75) is 39.2 Å². The van der Waals surface area contributed by atoms with E-state index in [1.54, 1.807) is 11.3 Å². The Balaban J connectivity index is 2.00. The van der Waals surface area contributed by atoms with E-state index in [-0.39, 0.29) is 11.7 Å². The van der Waals surface area contributed by atoms with Gasteiger partial charge >= 0.3 is 0 Å². The summed E-state index contributed by atoms with van der Waals surface area (Å²) in [6, 6.07) is 1.92. The van der Waals surface area contributed by atoms with Crippen LogP contribution < -0.4 is 5.56 Å². The number of aryl methyl sites for hydroxylation is 1. The molecule has 1 atom stereocenters. The number of aromatic nitrogens is 2. The third-order valence-corrected chi connectivity index (χ3v) is 4.44. The Bertz CT molecular complexity index is 701. The van der Waals surface area contributed by atoms with Crippen molar-refractivity contribution in [2.24, 2.45) is 5.16 Å². The van der Waals surface area contributed by atoms with Crippen LogP contribution in [0.5, 0.6) is 0 Å². The third kappa shape index (κ3) is 2.16. The number of rotatable bonds is 3. The summed E-state index contributed by atoms with van der Waals surface area (Å²) in [4.78, 5) is 26.7. The van der Waals surface area contributed by atoms with Crippen molar-refractivity contribution in [3.63, 3.8) is 0 Å². The second-order valence-electron chi connectivity index (χ2n) is 4.55. The molecule has 100 valence electrons. The Morgan fingerprint density at radius 3 is 3.00 bits per heavy atom. The highest BCUT2D eigenvalue weighted by Crippen LogP contribution is 2.28. The summed E-state index contributed by atoms with van der Waals surface area (Å²) in [6.45, 7) is 4.11. The fourth-order valence-corrected chi connectivity index (χ4v) is 3.08. The quantitative estimate of drug-likeness (QED) is 0.938. The molecule has 19 heavy (non-hydrogen) atoms. The summed E-state index contributed by atoms with van der Waals surface area (Å²) in [5.41, 5.74) is 0.915. The zero-order chi connectivity index (χ0) is 13.4. The van der Waals surface area contributed by atoms with E-state index < -0.39 is 0 Å². The van der Waals surface area contributed by atoms with E-state index in [9.17, 15) is 4.79 Å². The van der Waals surface area contributed by atoms with Gasteiger partial charge in [-0.2, -0.15) is 0 Å². The lowest BCUT2D eigenvalue weighted by molar-refractivity contribution is 0.0792.